The second-order valence-corrected chi connectivity index (χ2v) is 6.50. The van der Waals surface area contributed by atoms with Gasteiger partial charge < -0.3 is 15.3 Å². The zero-order valence-electron chi connectivity index (χ0n) is 14.1. The molecule has 3 heteroatoms. The standard InChI is InChI=1S/C16H36N2O/c1-7-11-17-12-16(8-2,9-3)14-18(10-4)13-15(5,6)19/h17,19H,7-14H2,1-6H3. The lowest BCUT2D eigenvalue weighted by molar-refractivity contribution is 0.0199. The van der Waals surface area contributed by atoms with Crippen LogP contribution in [0.5, 0.6) is 0 Å². The van der Waals surface area contributed by atoms with E-state index in [1.807, 2.05) is 13.8 Å². The molecule has 0 aromatic carbocycles. The predicted octanol–water partition coefficient (Wildman–Crippen LogP) is 2.89. The van der Waals surface area contributed by atoms with Crippen LogP contribution in [0, 0.1) is 5.41 Å². The van der Waals surface area contributed by atoms with Gasteiger partial charge in [0.1, 0.15) is 0 Å². The minimum atomic E-state index is -0.611. The third-order valence-electron chi connectivity index (χ3n) is 4.04. The highest BCUT2D eigenvalue weighted by Gasteiger charge is 2.29. The molecule has 0 saturated heterocycles. The van der Waals surface area contributed by atoms with Crippen molar-refractivity contribution in [1.29, 1.82) is 0 Å². The van der Waals surface area contributed by atoms with E-state index in [9.17, 15) is 5.11 Å². The average Bonchev–Trinajstić information content (AvgIpc) is 2.35. The van der Waals surface area contributed by atoms with E-state index in [4.69, 9.17) is 0 Å². The third-order valence-corrected chi connectivity index (χ3v) is 4.04. The Balaban J connectivity index is 4.59. The summed E-state index contributed by atoms with van der Waals surface area (Å²) >= 11 is 0. The maximum atomic E-state index is 10.0. The molecule has 0 aliphatic carbocycles. The van der Waals surface area contributed by atoms with E-state index in [1.54, 1.807) is 0 Å². The highest BCUT2D eigenvalue weighted by atomic mass is 16.3. The molecule has 0 amide bonds. The van der Waals surface area contributed by atoms with E-state index in [0.717, 1.165) is 32.7 Å². The van der Waals surface area contributed by atoms with Gasteiger partial charge in [-0.05, 0) is 51.6 Å². The number of nitrogens with zero attached hydrogens (tertiary/aromatic N) is 1. The summed E-state index contributed by atoms with van der Waals surface area (Å²) in [4.78, 5) is 2.39. The Hall–Kier alpha value is -0.120. The third kappa shape index (κ3) is 7.91. The van der Waals surface area contributed by atoms with Crippen LogP contribution in [0.1, 0.15) is 60.8 Å². The molecule has 0 bridgehead atoms. The van der Waals surface area contributed by atoms with Crippen molar-refractivity contribution in [2.24, 2.45) is 5.41 Å². The smallest absolute Gasteiger partial charge is 0.0718 e. The predicted molar refractivity (Wildman–Crippen MR) is 84.6 cm³/mol. The fourth-order valence-corrected chi connectivity index (χ4v) is 2.61. The molecule has 0 rings (SSSR count). The molecule has 0 unspecified atom stereocenters. The fourth-order valence-electron chi connectivity index (χ4n) is 2.61. The molecule has 116 valence electrons. The van der Waals surface area contributed by atoms with Crippen LogP contribution in [0.4, 0.5) is 0 Å². The van der Waals surface area contributed by atoms with Crippen molar-refractivity contribution in [3.05, 3.63) is 0 Å². The van der Waals surface area contributed by atoms with Gasteiger partial charge in [0.2, 0.25) is 0 Å². The molecule has 3 nitrogen and oxygen atoms in total. The monoisotopic (exact) mass is 272 g/mol. The molecule has 0 spiro atoms. The lowest BCUT2D eigenvalue weighted by atomic mass is 9.81. The number of hydrogen-bond donors (Lipinski definition) is 2. The van der Waals surface area contributed by atoms with Gasteiger partial charge in [0.15, 0.2) is 0 Å². The Labute approximate surface area is 120 Å². The van der Waals surface area contributed by atoms with Crippen molar-refractivity contribution in [2.45, 2.75) is 66.4 Å². The van der Waals surface area contributed by atoms with Gasteiger partial charge in [0, 0.05) is 19.6 Å². The molecule has 0 aliphatic heterocycles. The minimum absolute atomic E-state index is 0.330. The molecular formula is C16H36N2O. The summed E-state index contributed by atoms with van der Waals surface area (Å²) in [5.41, 5.74) is -0.281. The van der Waals surface area contributed by atoms with Crippen molar-refractivity contribution in [3.63, 3.8) is 0 Å². The first-order chi connectivity index (χ1) is 8.82. The topological polar surface area (TPSA) is 35.5 Å². The number of nitrogens with one attached hydrogen (secondary N) is 1. The summed E-state index contributed by atoms with van der Waals surface area (Å²) in [5.74, 6) is 0. The number of aliphatic hydroxyl groups is 1. The Kier molecular flexibility index (Phi) is 8.88. The number of hydrogen-bond acceptors (Lipinski definition) is 3. The minimum Gasteiger partial charge on any atom is -0.389 e. The highest BCUT2D eigenvalue weighted by molar-refractivity contribution is 4.84. The summed E-state index contributed by atoms with van der Waals surface area (Å²) in [7, 11) is 0. The molecule has 0 aliphatic rings. The van der Waals surface area contributed by atoms with Crippen LogP contribution in [0.15, 0.2) is 0 Å². The molecule has 2 N–H and O–H groups in total. The second kappa shape index (κ2) is 8.93. The van der Waals surface area contributed by atoms with Crippen molar-refractivity contribution >= 4 is 0 Å². The first-order valence-corrected chi connectivity index (χ1v) is 7.98. The van der Waals surface area contributed by atoms with Crippen LogP contribution >= 0.6 is 0 Å². The van der Waals surface area contributed by atoms with Crippen LogP contribution < -0.4 is 5.32 Å². The Morgan fingerprint density at radius 2 is 1.58 bits per heavy atom. The SMILES string of the molecule is CCCNCC(CC)(CC)CN(CC)CC(C)(C)O. The van der Waals surface area contributed by atoms with E-state index < -0.39 is 5.60 Å². The summed E-state index contributed by atoms with van der Waals surface area (Å²) in [6, 6.07) is 0. The molecule has 0 aromatic heterocycles. The van der Waals surface area contributed by atoms with Crippen molar-refractivity contribution < 1.29 is 5.11 Å². The van der Waals surface area contributed by atoms with Crippen molar-refractivity contribution in [1.82, 2.24) is 10.2 Å². The molecule has 19 heavy (non-hydrogen) atoms. The van der Waals surface area contributed by atoms with Gasteiger partial charge in [-0.15, -0.1) is 0 Å². The van der Waals surface area contributed by atoms with Gasteiger partial charge in [-0.2, -0.15) is 0 Å². The van der Waals surface area contributed by atoms with Crippen molar-refractivity contribution in [3.8, 4) is 0 Å². The van der Waals surface area contributed by atoms with Gasteiger partial charge in [0.05, 0.1) is 5.60 Å². The average molecular weight is 272 g/mol. The first kappa shape index (κ1) is 18.9. The Morgan fingerprint density at radius 1 is 1.00 bits per heavy atom. The fraction of sp³-hybridized carbons (Fsp3) is 1.00. The molecule has 0 heterocycles. The van der Waals surface area contributed by atoms with Crippen LogP contribution in [0.25, 0.3) is 0 Å². The van der Waals surface area contributed by atoms with E-state index in [-0.39, 0.29) is 0 Å². The molecular weight excluding hydrogens is 236 g/mol. The molecule has 0 aromatic rings. The van der Waals surface area contributed by atoms with Crippen LogP contribution in [0.2, 0.25) is 0 Å². The molecule has 0 radical (unpaired) electrons. The molecule has 0 atom stereocenters. The van der Waals surface area contributed by atoms with Gasteiger partial charge in [0.25, 0.3) is 0 Å². The Bertz CT molecular complexity index is 219. The number of rotatable bonds is 11. The lowest BCUT2D eigenvalue weighted by Gasteiger charge is -2.39. The first-order valence-electron chi connectivity index (χ1n) is 7.98. The maximum absolute atomic E-state index is 10.0. The largest absolute Gasteiger partial charge is 0.389 e. The highest BCUT2D eigenvalue weighted by Crippen LogP contribution is 2.27. The Morgan fingerprint density at radius 3 is 1.95 bits per heavy atom. The zero-order chi connectivity index (χ0) is 14.9. The van der Waals surface area contributed by atoms with Gasteiger partial charge >= 0.3 is 0 Å². The van der Waals surface area contributed by atoms with E-state index in [2.05, 4.69) is 37.9 Å². The van der Waals surface area contributed by atoms with Crippen LogP contribution in [-0.4, -0.2) is 48.3 Å². The number of likely N-dealkylation sites (N-methyl/N-ethyl adjacent to an activating group) is 1. The van der Waals surface area contributed by atoms with Crippen LogP contribution in [-0.2, 0) is 0 Å². The summed E-state index contributed by atoms with van der Waals surface area (Å²) in [6.45, 7) is 17.7. The normalized spacial score (nSPS) is 13.3. The maximum Gasteiger partial charge on any atom is 0.0718 e. The summed E-state index contributed by atoms with van der Waals surface area (Å²) < 4.78 is 0. The van der Waals surface area contributed by atoms with Crippen molar-refractivity contribution in [2.75, 3.05) is 32.7 Å². The molecule has 0 fully saturated rings. The summed E-state index contributed by atoms with van der Waals surface area (Å²) in [5, 5.41) is 13.6. The van der Waals surface area contributed by atoms with E-state index in [0.29, 0.717) is 5.41 Å². The summed E-state index contributed by atoms with van der Waals surface area (Å²) in [6.07, 6.45) is 3.55. The van der Waals surface area contributed by atoms with Gasteiger partial charge in [-0.3, -0.25) is 0 Å². The van der Waals surface area contributed by atoms with Crippen LogP contribution in [0.3, 0.4) is 0 Å². The zero-order valence-corrected chi connectivity index (χ0v) is 14.1. The van der Waals surface area contributed by atoms with E-state index >= 15 is 0 Å². The second-order valence-electron chi connectivity index (χ2n) is 6.50. The van der Waals surface area contributed by atoms with E-state index in [1.165, 1.54) is 19.3 Å². The molecule has 0 saturated carbocycles. The van der Waals surface area contributed by atoms with Gasteiger partial charge in [-0.25, -0.2) is 0 Å². The lowest BCUT2D eigenvalue weighted by Crippen LogP contribution is -2.47. The van der Waals surface area contributed by atoms with Gasteiger partial charge in [-0.1, -0.05) is 27.7 Å². The quantitative estimate of drug-likeness (QED) is 0.568.